The number of ether oxygens (including phenoxy) is 2. The summed E-state index contributed by atoms with van der Waals surface area (Å²) in [4.78, 5) is 2.18. The first-order valence-electron chi connectivity index (χ1n) is 7.52. The van der Waals surface area contributed by atoms with Crippen LogP contribution in [0, 0.1) is 0 Å². The normalized spacial score (nSPS) is 10.9. The molecule has 1 aromatic carbocycles. The van der Waals surface area contributed by atoms with Gasteiger partial charge in [0.05, 0.1) is 13.2 Å². The van der Waals surface area contributed by atoms with E-state index in [9.17, 15) is 0 Å². The molecular weight excluding hydrogens is 268 g/mol. The van der Waals surface area contributed by atoms with Crippen molar-refractivity contribution in [1.29, 1.82) is 0 Å². The van der Waals surface area contributed by atoms with Crippen LogP contribution in [-0.4, -0.2) is 57.0 Å². The first-order chi connectivity index (χ1) is 10.2. The zero-order valence-electron chi connectivity index (χ0n) is 13.4. The van der Waals surface area contributed by atoms with Crippen LogP contribution in [0.4, 0.5) is 0 Å². The molecule has 0 heterocycles. The minimum atomic E-state index is 0.000741. The highest BCUT2D eigenvalue weighted by Crippen LogP contribution is 2.28. The second kappa shape index (κ2) is 10.4. The third-order valence-corrected chi connectivity index (χ3v) is 2.94. The van der Waals surface area contributed by atoms with Gasteiger partial charge in [0.15, 0.2) is 11.5 Å². The summed E-state index contributed by atoms with van der Waals surface area (Å²) in [7, 11) is 4.17. The Hall–Kier alpha value is -1.30. The first-order valence-corrected chi connectivity index (χ1v) is 7.52. The van der Waals surface area contributed by atoms with Crippen molar-refractivity contribution in [2.24, 2.45) is 0 Å². The predicted molar refractivity (Wildman–Crippen MR) is 85.1 cm³/mol. The molecule has 0 aliphatic heterocycles. The summed E-state index contributed by atoms with van der Waals surface area (Å²) in [5.74, 6) is 1.42. The molecule has 0 saturated heterocycles. The van der Waals surface area contributed by atoms with Crippen molar-refractivity contribution in [2.45, 2.75) is 19.9 Å². The van der Waals surface area contributed by atoms with Gasteiger partial charge in [0.25, 0.3) is 0 Å². The number of benzene rings is 1. The maximum Gasteiger partial charge on any atom is 0.161 e. The van der Waals surface area contributed by atoms with Crippen LogP contribution in [0.5, 0.6) is 11.5 Å². The van der Waals surface area contributed by atoms with Gasteiger partial charge in [-0.25, -0.2) is 0 Å². The van der Waals surface area contributed by atoms with Gasteiger partial charge in [0.1, 0.15) is 6.61 Å². The fraction of sp³-hybridized carbons (Fsp3) is 0.625. The fourth-order valence-electron chi connectivity index (χ4n) is 1.96. The number of nitrogens with one attached hydrogen (secondary N) is 1. The zero-order chi connectivity index (χ0) is 15.5. The van der Waals surface area contributed by atoms with Gasteiger partial charge in [0, 0.05) is 6.54 Å². The molecule has 0 aliphatic rings. The molecule has 2 N–H and O–H groups in total. The van der Waals surface area contributed by atoms with Crippen LogP contribution < -0.4 is 14.8 Å². The third kappa shape index (κ3) is 7.32. The largest absolute Gasteiger partial charge is 0.490 e. The molecule has 1 aromatic rings. The summed E-state index contributed by atoms with van der Waals surface area (Å²) in [6, 6.07) is 5.92. The lowest BCUT2D eigenvalue weighted by Gasteiger charge is -2.13. The Labute approximate surface area is 127 Å². The molecule has 5 heteroatoms. The van der Waals surface area contributed by atoms with Gasteiger partial charge in [-0.15, -0.1) is 0 Å². The van der Waals surface area contributed by atoms with Crippen molar-refractivity contribution >= 4 is 0 Å². The molecular formula is C16H28N2O3. The summed E-state index contributed by atoms with van der Waals surface area (Å²) in [6.45, 7) is 5.71. The Bertz CT molecular complexity index is 397. The first kappa shape index (κ1) is 17.8. The van der Waals surface area contributed by atoms with Gasteiger partial charge < -0.3 is 24.8 Å². The molecule has 0 aliphatic carbocycles. The number of aliphatic hydroxyl groups excluding tert-OH is 1. The average Bonchev–Trinajstić information content (AvgIpc) is 2.46. The molecule has 5 nitrogen and oxygen atoms in total. The van der Waals surface area contributed by atoms with E-state index in [1.165, 1.54) is 5.56 Å². The molecule has 0 aromatic heterocycles. The SMILES string of the molecule is CCOc1cc(CNCCCN(C)C)ccc1OCCO. The van der Waals surface area contributed by atoms with Crippen molar-refractivity contribution in [3.63, 3.8) is 0 Å². The second-order valence-electron chi connectivity index (χ2n) is 5.12. The smallest absolute Gasteiger partial charge is 0.161 e. The molecule has 0 unspecified atom stereocenters. The Morgan fingerprint density at radius 1 is 1.19 bits per heavy atom. The number of aliphatic hydroxyl groups is 1. The summed E-state index contributed by atoms with van der Waals surface area (Å²) in [6.07, 6.45) is 1.13. The monoisotopic (exact) mass is 296 g/mol. The molecule has 21 heavy (non-hydrogen) atoms. The van der Waals surface area contributed by atoms with E-state index in [-0.39, 0.29) is 13.2 Å². The number of hydrogen-bond donors (Lipinski definition) is 2. The van der Waals surface area contributed by atoms with E-state index in [0.29, 0.717) is 12.4 Å². The molecule has 1 rings (SSSR count). The highest BCUT2D eigenvalue weighted by Gasteiger charge is 2.06. The molecule has 0 bridgehead atoms. The summed E-state index contributed by atoms with van der Waals surface area (Å²) < 4.78 is 11.1. The highest BCUT2D eigenvalue weighted by atomic mass is 16.5. The molecule has 120 valence electrons. The number of hydrogen-bond acceptors (Lipinski definition) is 5. The van der Waals surface area contributed by atoms with Crippen molar-refractivity contribution in [3.05, 3.63) is 23.8 Å². The van der Waals surface area contributed by atoms with Crippen LogP contribution in [0.15, 0.2) is 18.2 Å². The lowest BCUT2D eigenvalue weighted by atomic mass is 10.2. The maximum atomic E-state index is 8.83. The van der Waals surface area contributed by atoms with Crippen LogP contribution in [0.2, 0.25) is 0 Å². The summed E-state index contributed by atoms with van der Waals surface area (Å²) in [5, 5.41) is 12.3. The molecule has 0 saturated carbocycles. The van der Waals surface area contributed by atoms with Crippen LogP contribution >= 0.6 is 0 Å². The van der Waals surface area contributed by atoms with E-state index < -0.39 is 0 Å². The molecule has 0 atom stereocenters. The van der Waals surface area contributed by atoms with E-state index in [1.807, 2.05) is 25.1 Å². The number of nitrogens with zero attached hydrogens (tertiary/aromatic N) is 1. The van der Waals surface area contributed by atoms with Crippen molar-refractivity contribution in [2.75, 3.05) is 47.0 Å². The van der Waals surface area contributed by atoms with Gasteiger partial charge in [0.2, 0.25) is 0 Å². The predicted octanol–water partition coefficient (Wildman–Crippen LogP) is 1.50. The van der Waals surface area contributed by atoms with Crippen LogP contribution in [0.3, 0.4) is 0 Å². The van der Waals surface area contributed by atoms with Crippen molar-refractivity contribution in [1.82, 2.24) is 10.2 Å². The summed E-state index contributed by atoms with van der Waals surface area (Å²) >= 11 is 0. The lowest BCUT2D eigenvalue weighted by molar-refractivity contribution is 0.194. The van der Waals surface area contributed by atoms with Crippen molar-refractivity contribution in [3.8, 4) is 11.5 Å². The Kier molecular flexibility index (Phi) is 8.82. The van der Waals surface area contributed by atoms with E-state index in [2.05, 4.69) is 24.3 Å². The second-order valence-corrected chi connectivity index (χ2v) is 5.12. The van der Waals surface area contributed by atoms with Gasteiger partial charge in [-0.05, 0) is 58.2 Å². The lowest BCUT2D eigenvalue weighted by Crippen LogP contribution is -2.21. The van der Waals surface area contributed by atoms with E-state index in [0.717, 1.165) is 31.8 Å². The fourth-order valence-corrected chi connectivity index (χ4v) is 1.96. The van der Waals surface area contributed by atoms with E-state index in [1.54, 1.807) is 0 Å². The standard InChI is InChI=1S/C16H28N2O3/c1-4-20-16-12-14(6-7-15(16)21-11-10-19)13-17-8-5-9-18(2)3/h6-7,12,17,19H,4-5,8-11,13H2,1-3H3. The highest BCUT2D eigenvalue weighted by molar-refractivity contribution is 5.43. The van der Waals surface area contributed by atoms with Gasteiger partial charge in [-0.2, -0.15) is 0 Å². The Balaban J connectivity index is 2.49. The minimum Gasteiger partial charge on any atom is -0.490 e. The Morgan fingerprint density at radius 3 is 2.67 bits per heavy atom. The average molecular weight is 296 g/mol. The molecule has 0 radical (unpaired) electrons. The van der Waals surface area contributed by atoms with Crippen LogP contribution in [0.1, 0.15) is 18.9 Å². The maximum absolute atomic E-state index is 8.83. The molecule has 0 spiro atoms. The van der Waals surface area contributed by atoms with Gasteiger partial charge >= 0.3 is 0 Å². The molecule has 0 amide bonds. The summed E-state index contributed by atoms with van der Waals surface area (Å²) in [5.41, 5.74) is 1.17. The minimum absolute atomic E-state index is 0.000741. The topological polar surface area (TPSA) is 54.0 Å². The van der Waals surface area contributed by atoms with Crippen molar-refractivity contribution < 1.29 is 14.6 Å². The quantitative estimate of drug-likeness (QED) is 0.606. The van der Waals surface area contributed by atoms with E-state index in [4.69, 9.17) is 14.6 Å². The van der Waals surface area contributed by atoms with Crippen LogP contribution in [-0.2, 0) is 6.54 Å². The van der Waals surface area contributed by atoms with Gasteiger partial charge in [-0.1, -0.05) is 6.07 Å². The third-order valence-electron chi connectivity index (χ3n) is 2.94. The van der Waals surface area contributed by atoms with Gasteiger partial charge in [-0.3, -0.25) is 0 Å². The Morgan fingerprint density at radius 2 is 2.00 bits per heavy atom. The molecule has 0 fully saturated rings. The zero-order valence-corrected chi connectivity index (χ0v) is 13.4. The number of rotatable bonds is 11. The van der Waals surface area contributed by atoms with Crippen LogP contribution in [0.25, 0.3) is 0 Å². The van der Waals surface area contributed by atoms with E-state index >= 15 is 0 Å².